The molecule has 1 rings (SSSR count). The first-order chi connectivity index (χ1) is 7.22. The van der Waals surface area contributed by atoms with Crippen molar-refractivity contribution in [3.05, 3.63) is 0 Å². The maximum Gasteiger partial charge on any atom is 0.325 e. The Hall–Kier alpha value is -1.10. The summed E-state index contributed by atoms with van der Waals surface area (Å²) in [5.41, 5.74) is 0. The highest BCUT2D eigenvalue weighted by Gasteiger charge is 2.17. The number of esters is 1. The van der Waals surface area contributed by atoms with Gasteiger partial charge in [-0.25, -0.2) is 0 Å². The molecule has 0 aromatic carbocycles. The number of carbonyl (C=O) groups excluding carboxylic acids is 2. The van der Waals surface area contributed by atoms with Gasteiger partial charge in [-0.05, 0) is 19.3 Å². The van der Waals surface area contributed by atoms with Crippen LogP contribution in [0.3, 0.4) is 0 Å². The van der Waals surface area contributed by atoms with E-state index < -0.39 is 5.97 Å². The summed E-state index contributed by atoms with van der Waals surface area (Å²) in [5.74, 6) is -0.597. The van der Waals surface area contributed by atoms with Gasteiger partial charge in [0, 0.05) is 6.61 Å². The Kier molecular flexibility index (Phi) is 5.10. The first-order valence-corrected chi connectivity index (χ1v) is 5.17. The quantitative estimate of drug-likeness (QED) is 0.682. The summed E-state index contributed by atoms with van der Waals surface area (Å²) in [4.78, 5) is 22.1. The van der Waals surface area contributed by atoms with Crippen molar-refractivity contribution in [3.63, 3.8) is 0 Å². The van der Waals surface area contributed by atoms with Crippen LogP contribution in [-0.2, 0) is 19.1 Å². The van der Waals surface area contributed by atoms with Gasteiger partial charge in [-0.15, -0.1) is 0 Å². The number of ether oxygens (including phenoxy) is 2. The van der Waals surface area contributed by atoms with Crippen LogP contribution in [0.2, 0.25) is 0 Å². The van der Waals surface area contributed by atoms with Crippen LogP contribution in [0.4, 0.5) is 0 Å². The highest BCUT2D eigenvalue weighted by atomic mass is 16.5. The predicted molar refractivity (Wildman–Crippen MR) is 53.2 cm³/mol. The fourth-order valence-corrected chi connectivity index (χ4v) is 1.49. The van der Waals surface area contributed by atoms with Crippen LogP contribution in [0.25, 0.3) is 0 Å². The second kappa shape index (κ2) is 6.40. The van der Waals surface area contributed by atoms with Gasteiger partial charge in [-0.2, -0.15) is 0 Å². The van der Waals surface area contributed by atoms with E-state index in [4.69, 9.17) is 4.74 Å². The number of nitrogens with one attached hydrogen (secondary N) is 1. The fourth-order valence-electron chi connectivity index (χ4n) is 1.49. The van der Waals surface area contributed by atoms with Crippen molar-refractivity contribution in [2.24, 2.45) is 0 Å². The van der Waals surface area contributed by atoms with Crippen LogP contribution in [0.5, 0.6) is 0 Å². The molecule has 0 aromatic rings. The van der Waals surface area contributed by atoms with E-state index in [1.807, 2.05) is 0 Å². The van der Waals surface area contributed by atoms with Crippen LogP contribution in [0.1, 0.15) is 25.7 Å². The number of hydrogen-bond donors (Lipinski definition) is 1. The van der Waals surface area contributed by atoms with E-state index in [0.29, 0.717) is 6.42 Å². The van der Waals surface area contributed by atoms with E-state index in [-0.39, 0.29) is 18.6 Å². The van der Waals surface area contributed by atoms with Crippen LogP contribution >= 0.6 is 0 Å². The van der Waals surface area contributed by atoms with E-state index >= 15 is 0 Å². The van der Waals surface area contributed by atoms with Crippen LogP contribution < -0.4 is 5.32 Å². The number of methoxy groups -OCH3 is 1. The van der Waals surface area contributed by atoms with Crippen LogP contribution in [0.15, 0.2) is 0 Å². The monoisotopic (exact) mass is 215 g/mol. The minimum absolute atomic E-state index is 0.0106. The Morgan fingerprint density at radius 2 is 2.27 bits per heavy atom. The number of carbonyl (C=O) groups is 2. The molecular formula is C10H17NO4. The van der Waals surface area contributed by atoms with Crippen LogP contribution in [-0.4, -0.2) is 38.2 Å². The van der Waals surface area contributed by atoms with Gasteiger partial charge in [0.15, 0.2) is 0 Å². The number of amides is 1. The first-order valence-electron chi connectivity index (χ1n) is 5.17. The molecule has 5 heteroatoms. The van der Waals surface area contributed by atoms with Crippen molar-refractivity contribution < 1.29 is 19.1 Å². The summed E-state index contributed by atoms with van der Waals surface area (Å²) in [5, 5.41) is 2.49. The summed E-state index contributed by atoms with van der Waals surface area (Å²) >= 11 is 0. The molecule has 0 aliphatic carbocycles. The van der Waals surface area contributed by atoms with Gasteiger partial charge in [-0.1, -0.05) is 0 Å². The maximum atomic E-state index is 11.3. The Balaban J connectivity index is 2.14. The molecule has 1 unspecified atom stereocenters. The van der Waals surface area contributed by atoms with Crippen molar-refractivity contribution in [2.45, 2.75) is 31.8 Å². The molecule has 1 fully saturated rings. The van der Waals surface area contributed by atoms with Gasteiger partial charge in [0.25, 0.3) is 0 Å². The van der Waals surface area contributed by atoms with Crippen molar-refractivity contribution in [2.75, 3.05) is 20.3 Å². The lowest BCUT2D eigenvalue weighted by Gasteiger charge is -2.21. The second-order valence-electron chi connectivity index (χ2n) is 3.55. The molecule has 1 atom stereocenters. The van der Waals surface area contributed by atoms with E-state index in [9.17, 15) is 9.59 Å². The number of hydrogen-bond acceptors (Lipinski definition) is 4. The Morgan fingerprint density at radius 1 is 1.47 bits per heavy atom. The van der Waals surface area contributed by atoms with E-state index in [0.717, 1.165) is 25.9 Å². The second-order valence-corrected chi connectivity index (χ2v) is 3.55. The molecule has 1 heterocycles. The third-order valence-electron chi connectivity index (χ3n) is 2.34. The highest BCUT2D eigenvalue weighted by molar-refractivity contribution is 5.82. The average molecular weight is 215 g/mol. The standard InChI is InChI=1S/C10H17NO4/c1-14-10(13)7-11-9(12)6-8-4-2-3-5-15-8/h8H,2-7H2,1H3,(H,11,12). The van der Waals surface area contributed by atoms with Gasteiger partial charge in [-0.3, -0.25) is 9.59 Å². The molecule has 86 valence electrons. The van der Waals surface area contributed by atoms with Gasteiger partial charge in [0.1, 0.15) is 6.54 Å². The van der Waals surface area contributed by atoms with Gasteiger partial charge in [0.05, 0.1) is 19.6 Å². The van der Waals surface area contributed by atoms with Crippen molar-refractivity contribution in [3.8, 4) is 0 Å². The zero-order valence-corrected chi connectivity index (χ0v) is 8.95. The summed E-state index contributed by atoms with van der Waals surface area (Å²) in [6, 6.07) is 0. The lowest BCUT2D eigenvalue weighted by Crippen LogP contribution is -2.34. The molecule has 5 nitrogen and oxygen atoms in total. The largest absolute Gasteiger partial charge is 0.468 e. The van der Waals surface area contributed by atoms with E-state index in [1.165, 1.54) is 7.11 Å². The SMILES string of the molecule is COC(=O)CNC(=O)CC1CCCCO1. The Morgan fingerprint density at radius 3 is 2.87 bits per heavy atom. The third-order valence-corrected chi connectivity index (χ3v) is 2.34. The molecule has 1 N–H and O–H groups in total. The molecule has 1 amide bonds. The lowest BCUT2D eigenvalue weighted by atomic mass is 10.1. The summed E-state index contributed by atoms with van der Waals surface area (Å²) in [6.45, 7) is 0.664. The lowest BCUT2D eigenvalue weighted by molar-refractivity contribution is -0.141. The van der Waals surface area contributed by atoms with Crippen molar-refractivity contribution in [1.82, 2.24) is 5.32 Å². The molecular weight excluding hydrogens is 198 g/mol. The summed E-state index contributed by atoms with van der Waals surface area (Å²) in [7, 11) is 1.29. The topological polar surface area (TPSA) is 64.6 Å². The molecule has 1 aliphatic heterocycles. The predicted octanol–water partition coefficient (Wildman–Crippen LogP) is 0.235. The van der Waals surface area contributed by atoms with Gasteiger partial charge in [0.2, 0.25) is 5.91 Å². The average Bonchev–Trinajstić information content (AvgIpc) is 2.27. The zero-order valence-electron chi connectivity index (χ0n) is 8.95. The zero-order chi connectivity index (χ0) is 11.1. The number of rotatable bonds is 4. The van der Waals surface area contributed by atoms with Gasteiger partial charge < -0.3 is 14.8 Å². The molecule has 0 saturated carbocycles. The van der Waals surface area contributed by atoms with Gasteiger partial charge >= 0.3 is 5.97 Å². The molecule has 1 aliphatic rings. The Labute approximate surface area is 89.1 Å². The minimum atomic E-state index is -0.437. The van der Waals surface area contributed by atoms with E-state index in [2.05, 4.69) is 10.1 Å². The summed E-state index contributed by atoms with van der Waals surface area (Å²) < 4.78 is 9.81. The minimum Gasteiger partial charge on any atom is -0.468 e. The summed E-state index contributed by atoms with van der Waals surface area (Å²) in [6.07, 6.45) is 3.44. The first kappa shape index (κ1) is 12.0. The molecule has 0 aromatic heterocycles. The van der Waals surface area contributed by atoms with Crippen molar-refractivity contribution in [1.29, 1.82) is 0 Å². The molecule has 15 heavy (non-hydrogen) atoms. The highest BCUT2D eigenvalue weighted by Crippen LogP contribution is 2.15. The molecule has 0 radical (unpaired) electrons. The van der Waals surface area contributed by atoms with Crippen molar-refractivity contribution >= 4 is 11.9 Å². The maximum absolute atomic E-state index is 11.3. The molecule has 0 bridgehead atoms. The van der Waals surface area contributed by atoms with E-state index in [1.54, 1.807) is 0 Å². The smallest absolute Gasteiger partial charge is 0.325 e. The molecule has 0 spiro atoms. The fraction of sp³-hybridized carbons (Fsp3) is 0.800. The molecule has 1 saturated heterocycles. The van der Waals surface area contributed by atoms with Crippen LogP contribution in [0, 0.1) is 0 Å². The third kappa shape index (κ3) is 4.78. The normalized spacial score (nSPS) is 20.7. The Bertz CT molecular complexity index is 223.